The van der Waals surface area contributed by atoms with Crippen LogP contribution in [0.25, 0.3) is 0 Å². The molecule has 0 unspecified atom stereocenters. The SMILES string of the molecule is C=C.C=C/C(=C\C)CN1C(=O)COc2c(Br)cccc21. The third-order valence-corrected chi connectivity index (χ3v) is 3.48. The van der Waals surface area contributed by atoms with Gasteiger partial charge in [0.25, 0.3) is 5.91 Å². The molecule has 0 bridgehead atoms. The minimum atomic E-state index is -0.0400. The number of halogens is 1. The summed E-state index contributed by atoms with van der Waals surface area (Å²) in [6, 6.07) is 5.67. The Balaban J connectivity index is 0.000000956. The van der Waals surface area contributed by atoms with Crippen LogP contribution in [0.1, 0.15) is 6.92 Å². The number of nitrogens with zero attached hydrogens (tertiary/aromatic N) is 1. The van der Waals surface area contributed by atoms with Gasteiger partial charge in [-0.15, -0.1) is 13.2 Å². The Morgan fingerprint density at radius 2 is 2.20 bits per heavy atom. The summed E-state index contributed by atoms with van der Waals surface area (Å²) in [5.74, 6) is 0.679. The van der Waals surface area contributed by atoms with Gasteiger partial charge in [0.05, 0.1) is 16.7 Å². The number of hydrogen-bond donors (Lipinski definition) is 0. The van der Waals surface area contributed by atoms with E-state index in [0.29, 0.717) is 6.54 Å². The van der Waals surface area contributed by atoms with Crippen LogP contribution in [0.5, 0.6) is 5.75 Å². The van der Waals surface area contributed by atoms with Crippen molar-refractivity contribution in [2.45, 2.75) is 6.92 Å². The van der Waals surface area contributed by atoms with Crippen LogP contribution >= 0.6 is 15.9 Å². The lowest BCUT2D eigenvalue weighted by molar-refractivity contribution is -0.121. The number of fused-ring (bicyclic) bond motifs is 1. The third kappa shape index (κ3) is 3.39. The second-order valence-electron chi connectivity index (χ2n) is 3.92. The Morgan fingerprint density at radius 3 is 2.80 bits per heavy atom. The number of allylic oxidation sites excluding steroid dienone is 1. The molecule has 2 rings (SSSR count). The standard InChI is InChI=1S/C14H14BrNO2.C2H4/c1-3-10(4-2)8-16-12-7-5-6-11(15)14(12)18-9-13(16)17;1-2/h3-7H,1,8-9H2,2H3;1-2H2/b10-4+;. The summed E-state index contributed by atoms with van der Waals surface area (Å²) in [5, 5.41) is 0. The number of carbonyl (C=O) groups excluding carboxylic acids is 1. The first-order valence-electron chi connectivity index (χ1n) is 6.16. The highest BCUT2D eigenvalue weighted by Crippen LogP contribution is 2.38. The second-order valence-corrected chi connectivity index (χ2v) is 4.78. The number of para-hydroxylation sites is 1. The maximum absolute atomic E-state index is 12.0. The molecule has 1 aliphatic heterocycles. The lowest BCUT2D eigenvalue weighted by atomic mass is 10.2. The van der Waals surface area contributed by atoms with Gasteiger partial charge in [0.1, 0.15) is 0 Å². The Morgan fingerprint density at radius 1 is 1.50 bits per heavy atom. The van der Waals surface area contributed by atoms with Crippen molar-refractivity contribution >= 4 is 27.5 Å². The summed E-state index contributed by atoms with van der Waals surface area (Å²) < 4.78 is 6.32. The topological polar surface area (TPSA) is 29.5 Å². The van der Waals surface area contributed by atoms with Gasteiger partial charge in [0.2, 0.25) is 0 Å². The van der Waals surface area contributed by atoms with E-state index in [0.717, 1.165) is 21.5 Å². The molecule has 0 aromatic heterocycles. The first kappa shape index (κ1) is 16.2. The van der Waals surface area contributed by atoms with Crippen molar-refractivity contribution in [3.8, 4) is 5.75 Å². The van der Waals surface area contributed by atoms with Crippen molar-refractivity contribution < 1.29 is 9.53 Å². The van der Waals surface area contributed by atoms with Crippen LogP contribution in [0.15, 0.2) is 60.1 Å². The molecular formula is C16H18BrNO2. The fraction of sp³-hybridized carbons (Fsp3) is 0.188. The molecule has 0 saturated heterocycles. The Bertz CT molecular complexity index is 537. The molecule has 20 heavy (non-hydrogen) atoms. The van der Waals surface area contributed by atoms with E-state index in [4.69, 9.17) is 4.74 Å². The van der Waals surface area contributed by atoms with Crippen molar-refractivity contribution in [2.75, 3.05) is 18.1 Å². The molecule has 1 amide bonds. The highest BCUT2D eigenvalue weighted by molar-refractivity contribution is 9.10. The number of ether oxygens (including phenoxy) is 1. The summed E-state index contributed by atoms with van der Waals surface area (Å²) in [6.07, 6.45) is 3.72. The van der Waals surface area contributed by atoms with Gasteiger partial charge in [-0.25, -0.2) is 0 Å². The molecule has 1 aromatic rings. The largest absolute Gasteiger partial charge is 0.480 e. The number of rotatable bonds is 3. The Hall–Kier alpha value is -1.81. The summed E-state index contributed by atoms with van der Waals surface area (Å²) in [4.78, 5) is 13.7. The molecule has 1 aromatic carbocycles. The van der Waals surface area contributed by atoms with Gasteiger partial charge < -0.3 is 9.64 Å². The average Bonchev–Trinajstić information content (AvgIpc) is 2.49. The molecule has 0 spiro atoms. The van der Waals surface area contributed by atoms with E-state index in [1.807, 2.05) is 31.2 Å². The van der Waals surface area contributed by atoms with E-state index >= 15 is 0 Å². The summed E-state index contributed by atoms with van der Waals surface area (Å²) in [7, 11) is 0. The fourth-order valence-electron chi connectivity index (χ4n) is 1.83. The van der Waals surface area contributed by atoms with E-state index in [1.54, 1.807) is 11.0 Å². The van der Waals surface area contributed by atoms with Gasteiger partial charge in [-0.2, -0.15) is 0 Å². The summed E-state index contributed by atoms with van der Waals surface area (Å²) >= 11 is 3.43. The molecule has 0 N–H and O–H groups in total. The number of amides is 1. The van der Waals surface area contributed by atoms with Crippen molar-refractivity contribution in [3.05, 3.63) is 60.1 Å². The van der Waals surface area contributed by atoms with Gasteiger partial charge in [-0.05, 0) is 40.6 Å². The van der Waals surface area contributed by atoms with Crippen molar-refractivity contribution in [3.63, 3.8) is 0 Å². The van der Waals surface area contributed by atoms with Crippen LogP contribution in [-0.4, -0.2) is 19.1 Å². The maximum atomic E-state index is 12.0. The quantitative estimate of drug-likeness (QED) is 0.614. The normalized spacial score (nSPS) is 13.8. The van der Waals surface area contributed by atoms with E-state index in [2.05, 4.69) is 35.7 Å². The molecule has 0 fully saturated rings. The smallest absolute Gasteiger partial charge is 0.265 e. The minimum absolute atomic E-state index is 0.0400. The molecule has 0 radical (unpaired) electrons. The highest BCUT2D eigenvalue weighted by atomic mass is 79.9. The molecule has 1 aliphatic rings. The number of anilines is 1. The van der Waals surface area contributed by atoms with Crippen molar-refractivity contribution in [1.29, 1.82) is 0 Å². The molecule has 0 saturated carbocycles. The average molecular weight is 336 g/mol. The zero-order valence-electron chi connectivity index (χ0n) is 11.6. The highest BCUT2D eigenvalue weighted by Gasteiger charge is 2.26. The third-order valence-electron chi connectivity index (χ3n) is 2.85. The van der Waals surface area contributed by atoms with E-state index in [9.17, 15) is 4.79 Å². The lowest BCUT2D eigenvalue weighted by Gasteiger charge is -2.30. The second kappa shape index (κ2) is 7.70. The maximum Gasteiger partial charge on any atom is 0.265 e. The zero-order chi connectivity index (χ0) is 15.1. The first-order chi connectivity index (χ1) is 9.67. The molecule has 4 heteroatoms. The molecule has 1 heterocycles. The molecule has 0 aliphatic carbocycles. The zero-order valence-corrected chi connectivity index (χ0v) is 13.1. The molecule has 106 valence electrons. The van der Waals surface area contributed by atoms with Crippen molar-refractivity contribution in [1.82, 2.24) is 0 Å². The predicted octanol–water partition coefficient (Wildman–Crippen LogP) is 4.11. The Labute approximate surface area is 128 Å². The van der Waals surface area contributed by atoms with Crippen LogP contribution in [0, 0.1) is 0 Å². The van der Waals surface area contributed by atoms with Gasteiger partial charge in [0.15, 0.2) is 12.4 Å². The first-order valence-corrected chi connectivity index (χ1v) is 6.96. The van der Waals surface area contributed by atoms with E-state index < -0.39 is 0 Å². The van der Waals surface area contributed by atoms with Gasteiger partial charge in [-0.3, -0.25) is 4.79 Å². The van der Waals surface area contributed by atoms with Crippen LogP contribution in [-0.2, 0) is 4.79 Å². The predicted molar refractivity (Wildman–Crippen MR) is 87.2 cm³/mol. The molecular weight excluding hydrogens is 318 g/mol. The lowest BCUT2D eigenvalue weighted by Crippen LogP contribution is -2.39. The van der Waals surface area contributed by atoms with Gasteiger partial charge in [-0.1, -0.05) is 24.8 Å². The number of carbonyl (C=O) groups is 1. The number of hydrogen-bond acceptors (Lipinski definition) is 2. The van der Waals surface area contributed by atoms with Crippen LogP contribution in [0.4, 0.5) is 5.69 Å². The summed E-state index contributed by atoms with van der Waals surface area (Å²) in [6.45, 7) is 12.3. The Kier molecular flexibility index (Phi) is 6.25. The van der Waals surface area contributed by atoms with Crippen LogP contribution in [0.2, 0.25) is 0 Å². The molecule has 0 atom stereocenters. The van der Waals surface area contributed by atoms with Gasteiger partial charge in [0, 0.05) is 0 Å². The van der Waals surface area contributed by atoms with Gasteiger partial charge >= 0.3 is 0 Å². The van der Waals surface area contributed by atoms with Crippen LogP contribution in [0.3, 0.4) is 0 Å². The van der Waals surface area contributed by atoms with Crippen molar-refractivity contribution in [2.24, 2.45) is 0 Å². The van der Waals surface area contributed by atoms with E-state index in [-0.39, 0.29) is 12.5 Å². The van der Waals surface area contributed by atoms with E-state index in [1.165, 1.54) is 0 Å². The van der Waals surface area contributed by atoms with Crippen LogP contribution < -0.4 is 9.64 Å². The monoisotopic (exact) mass is 335 g/mol. The summed E-state index contributed by atoms with van der Waals surface area (Å²) in [5.41, 5.74) is 1.80. The number of benzene rings is 1. The molecule has 3 nitrogen and oxygen atoms in total. The fourth-order valence-corrected chi connectivity index (χ4v) is 2.30. The minimum Gasteiger partial charge on any atom is -0.480 e.